The normalized spacial score (nSPS) is 12.2. The van der Waals surface area contributed by atoms with Gasteiger partial charge in [0.05, 0.1) is 12.1 Å². The Morgan fingerprint density at radius 1 is 1.33 bits per heavy atom. The molecule has 0 spiro atoms. The van der Waals surface area contributed by atoms with Crippen molar-refractivity contribution in [2.45, 2.75) is 26.1 Å². The number of benzene rings is 1. The van der Waals surface area contributed by atoms with Gasteiger partial charge in [-0.3, -0.25) is 0 Å². The van der Waals surface area contributed by atoms with Gasteiger partial charge in [-0.25, -0.2) is 4.98 Å². The number of halogens is 3. The van der Waals surface area contributed by atoms with Gasteiger partial charge in [-0.05, 0) is 31.2 Å². The van der Waals surface area contributed by atoms with Crippen LogP contribution in [-0.2, 0) is 12.7 Å². The van der Waals surface area contributed by atoms with E-state index in [1.807, 2.05) is 6.92 Å². The zero-order chi connectivity index (χ0) is 13.2. The molecule has 0 saturated carbocycles. The van der Waals surface area contributed by atoms with Crippen molar-refractivity contribution in [3.8, 4) is 0 Å². The topological polar surface area (TPSA) is 38.1 Å². The summed E-state index contributed by atoms with van der Waals surface area (Å²) in [4.78, 5) is 4.03. The van der Waals surface area contributed by atoms with Crippen LogP contribution in [0.5, 0.6) is 0 Å². The minimum absolute atomic E-state index is 0.234. The molecule has 1 heterocycles. The Balaban J connectivity index is 2.23. The molecule has 18 heavy (non-hydrogen) atoms. The molecule has 1 N–H and O–H groups in total. The molecule has 0 aliphatic heterocycles. The Morgan fingerprint density at radius 3 is 2.78 bits per heavy atom. The van der Waals surface area contributed by atoms with E-state index in [-0.39, 0.29) is 5.52 Å². The van der Waals surface area contributed by atoms with Crippen LogP contribution in [0.3, 0.4) is 0 Å². The van der Waals surface area contributed by atoms with Crippen LogP contribution in [0.4, 0.5) is 13.2 Å². The van der Waals surface area contributed by atoms with E-state index in [4.69, 9.17) is 4.42 Å². The fourth-order valence-corrected chi connectivity index (χ4v) is 1.60. The molecule has 3 nitrogen and oxygen atoms in total. The SMILES string of the molecule is CCCNCc1nc2cc(C(F)(F)F)ccc2o1. The third-order valence-electron chi connectivity index (χ3n) is 2.46. The van der Waals surface area contributed by atoms with Gasteiger partial charge in [-0.2, -0.15) is 13.2 Å². The molecule has 0 fully saturated rings. The molecule has 1 aromatic heterocycles. The van der Waals surface area contributed by atoms with Gasteiger partial charge >= 0.3 is 6.18 Å². The Labute approximate surface area is 102 Å². The zero-order valence-corrected chi connectivity index (χ0v) is 9.84. The lowest BCUT2D eigenvalue weighted by atomic mass is 10.2. The van der Waals surface area contributed by atoms with Crippen molar-refractivity contribution >= 4 is 11.1 Å². The van der Waals surface area contributed by atoms with Crippen molar-refractivity contribution in [1.29, 1.82) is 0 Å². The Morgan fingerprint density at radius 2 is 2.11 bits per heavy atom. The summed E-state index contributed by atoms with van der Waals surface area (Å²) < 4.78 is 42.8. The molecule has 0 amide bonds. The third kappa shape index (κ3) is 2.81. The van der Waals surface area contributed by atoms with Crippen LogP contribution in [0.1, 0.15) is 24.8 Å². The fraction of sp³-hybridized carbons (Fsp3) is 0.417. The van der Waals surface area contributed by atoms with Gasteiger partial charge in [0.15, 0.2) is 5.58 Å². The van der Waals surface area contributed by atoms with Crippen LogP contribution >= 0.6 is 0 Å². The summed E-state index contributed by atoms with van der Waals surface area (Å²) in [6, 6.07) is 3.30. The van der Waals surface area contributed by atoms with Crippen molar-refractivity contribution in [3.63, 3.8) is 0 Å². The van der Waals surface area contributed by atoms with Gasteiger partial charge in [0, 0.05) is 0 Å². The van der Waals surface area contributed by atoms with E-state index in [9.17, 15) is 13.2 Å². The minimum Gasteiger partial charge on any atom is -0.439 e. The molecule has 0 radical (unpaired) electrons. The number of hydrogen-bond donors (Lipinski definition) is 1. The molecule has 1 aromatic carbocycles. The highest BCUT2D eigenvalue weighted by atomic mass is 19.4. The van der Waals surface area contributed by atoms with Crippen molar-refractivity contribution in [2.75, 3.05) is 6.54 Å². The Kier molecular flexibility index (Phi) is 3.56. The van der Waals surface area contributed by atoms with Gasteiger partial charge < -0.3 is 9.73 Å². The minimum atomic E-state index is -4.35. The van der Waals surface area contributed by atoms with Gasteiger partial charge in [0.25, 0.3) is 0 Å². The number of hydrogen-bond acceptors (Lipinski definition) is 3. The fourth-order valence-electron chi connectivity index (χ4n) is 1.60. The first-order valence-electron chi connectivity index (χ1n) is 5.68. The van der Waals surface area contributed by atoms with E-state index in [0.29, 0.717) is 18.0 Å². The molecule has 6 heteroatoms. The smallest absolute Gasteiger partial charge is 0.416 e. The van der Waals surface area contributed by atoms with Crippen molar-refractivity contribution in [1.82, 2.24) is 10.3 Å². The average Bonchev–Trinajstić information content (AvgIpc) is 2.69. The van der Waals surface area contributed by atoms with Crippen LogP contribution in [0.25, 0.3) is 11.1 Å². The van der Waals surface area contributed by atoms with Crippen LogP contribution in [-0.4, -0.2) is 11.5 Å². The van der Waals surface area contributed by atoms with Gasteiger partial charge in [0.1, 0.15) is 5.52 Å². The maximum absolute atomic E-state index is 12.5. The highest BCUT2D eigenvalue weighted by Crippen LogP contribution is 2.31. The van der Waals surface area contributed by atoms with E-state index in [1.54, 1.807) is 0 Å². The molecule has 0 saturated heterocycles. The lowest BCUT2D eigenvalue weighted by Gasteiger charge is -2.04. The molecular formula is C12H13F3N2O. The maximum Gasteiger partial charge on any atom is 0.416 e. The van der Waals surface area contributed by atoms with Crippen LogP contribution in [0.2, 0.25) is 0 Å². The summed E-state index contributed by atoms with van der Waals surface area (Å²) in [6.07, 6.45) is -3.38. The Bertz CT molecular complexity index is 534. The second kappa shape index (κ2) is 4.97. The predicted octanol–water partition coefficient (Wildman–Crippen LogP) is 3.35. The molecular weight excluding hydrogens is 245 g/mol. The largest absolute Gasteiger partial charge is 0.439 e. The van der Waals surface area contributed by atoms with E-state index < -0.39 is 11.7 Å². The molecule has 0 bridgehead atoms. The van der Waals surface area contributed by atoms with Crippen LogP contribution in [0.15, 0.2) is 22.6 Å². The second-order valence-electron chi connectivity index (χ2n) is 3.96. The summed E-state index contributed by atoms with van der Waals surface area (Å²) in [5.41, 5.74) is -0.106. The quantitative estimate of drug-likeness (QED) is 0.855. The van der Waals surface area contributed by atoms with Crippen LogP contribution in [0, 0.1) is 0 Å². The molecule has 0 unspecified atom stereocenters. The number of fused-ring (bicyclic) bond motifs is 1. The van der Waals surface area contributed by atoms with E-state index in [0.717, 1.165) is 25.1 Å². The lowest BCUT2D eigenvalue weighted by molar-refractivity contribution is -0.137. The summed E-state index contributed by atoms with van der Waals surface area (Å²) >= 11 is 0. The molecule has 0 aliphatic rings. The number of oxazole rings is 1. The molecule has 98 valence electrons. The first kappa shape index (κ1) is 12.9. The van der Waals surface area contributed by atoms with Gasteiger partial charge in [-0.1, -0.05) is 6.92 Å². The third-order valence-corrected chi connectivity index (χ3v) is 2.46. The highest BCUT2D eigenvalue weighted by molar-refractivity contribution is 5.73. The van der Waals surface area contributed by atoms with Gasteiger partial charge in [0.2, 0.25) is 5.89 Å². The van der Waals surface area contributed by atoms with Crippen molar-refractivity contribution in [2.24, 2.45) is 0 Å². The maximum atomic E-state index is 12.5. The molecule has 2 rings (SSSR count). The summed E-state index contributed by atoms with van der Waals surface area (Å²) in [7, 11) is 0. The van der Waals surface area contributed by atoms with E-state index >= 15 is 0 Å². The molecule has 0 aliphatic carbocycles. The van der Waals surface area contributed by atoms with E-state index in [2.05, 4.69) is 10.3 Å². The molecule has 0 atom stereocenters. The number of nitrogens with one attached hydrogen (secondary N) is 1. The number of aromatic nitrogens is 1. The van der Waals surface area contributed by atoms with Crippen LogP contribution < -0.4 is 5.32 Å². The highest BCUT2D eigenvalue weighted by Gasteiger charge is 2.30. The first-order chi connectivity index (χ1) is 8.50. The summed E-state index contributed by atoms with van der Waals surface area (Å²) in [6.45, 7) is 3.26. The van der Waals surface area contributed by atoms with E-state index in [1.165, 1.54) is 6.07 Å². The predicted molar refractivity (Wildman–Crippen MR) is 61.0 cm³/mol. The second-order valence-corrected chi connectivity index (χ2v) is 3.96. The summed E-state index contributed by atoms with van der Waals surface area (Å²) in [5, 5.41) is 3.08. The lowest BCUT2D eigenvalue weighted by Crippen LogP contribution is -2.13. The Hall–Kier alpha value is -1.56. The van der Waals surface area contributed by atoms with Crippen molar-refractivity contribution < 1.29 is 17.6 Å². The zero-order valence-electron chi connectivity index (χ0n) is 9.84. The molecule has 2 aromatic rings. The number of nitrogens with zero attached hydrogens (tertiary/aromatic N) is 1. The first-order valence-corrected chi connectivity index (χ1v) is 5.68. The monoisotopic (exact) mass is 258 g/mol. The number of alkyl halides is 3. The number of rotatable bonds is 4. The summed E-state index contributed by atoms with van der Waals surface area (Å²) in [5.74, 6) is 0.401. The standard InChI is InChI=1S/C12H13F3N2O/c1-2-5-16-7-11-17-9-6-8(12(13,14)15)3-4-10(9)18-11/h3-4,6,16H,2,5,7H2,1H3. The van der Waals surface area contributed by atoms with Crippen molar-refractivity contribution in [3.05, 3.63) is 29.7 Å². The van der Waals surface area contributed by atoms with Gasteiger partial charge in [-0.15, -0.1) is 0 Å². The average molecular weight is 258 g/mol.